The highest BCUT2D eigenvalue weighted by molar-refractivity contribution is 6.06. The second-order valence-electron chi connectivity index (χ2n) is 6.81. The number of aliphatic hydroxyl groups is 1. The van der Waals surface area contributed by atoms with Gasteiger partial charge in [-0.2, -0.15) is 10.5 Å². The number of fused-ring (bicyclic) bond motifs is 1. The maximum atomic E-state index is 13.1. The third-order valence-corrected chi connectivity index (χ3v) is 5.09. The monoisotopic (exact) mass is 433 g/mol. The maximum absolute atomic E-state index is 13.1. The van der Waals surface area contributed by atoms with E-state index >= 15 is 0 Å². The standard InChI is InChI=1S/C23H19N3O6/c1-3-31-22(29)17-15(12-8-6-5-7-9-12)18(23(30)32-4-2)20(27)16-13(10-24)14(11-25)21(28)26-19(16)17/h5-9,15-16,27H,3-4H2,1-2H3,(H,26,28). The molecule has 0 bridgehead atoms. The molecule has 0 fully saturated rings. The summed E-state index contributed by atoms with van der Waals surface area (Å²) in [5, 5.41) is 32.7. The van der Waals surface area contributed by atoms with Crippen molar-refractivity contribution in [2.24, 2.45) is 5.92 Å². The quantitative estimate of drug-likeness (QED) is 0.670. The summed E-state index contributed by atoms with van der Waals surface area (Å²) in [5.41, 5.74) is -0.934. The van der Waals surface area contributed by atoms with Crippen LogP contribution < -0.4 is 5.32 Å². The lowest BCUT2D eigenvalue weighted by Crippen LogP contribution is -2.42. The van der Waals surface area contributed by atoms with Crippen molar-refractivity contribution in [3.8, 4) is 12.1 Å². The molecule has 3 rings (SSSR count). The van der Waals surface area contributed by atoms with Crippen molar-refractivity contribution in [1.29, 1.82) is 10.5 Å². The lowest BCUT2D eigenvalue weighted by atomic mass is 9.71. The molecule has 1 amide bonds. The average molecular weight is 433 g/mol. The Hall–Kier alpha value is -4.37. The molecule has 32 heavy (non-hydrogen) atoms. The largest absolute Gasteiger partial charge is 0.511 e. The third kappa shape index (κ3) is 3.61. The Bertz CT molecular complexity index is 1160. The van der Waals surface area contributed by atoms with Gasteiger partial charge in [-0.25, -0.2) is 9.59 Å². The second kappa shape index (κ2) is 9.19. The minimum absolute atomic E-state index is 0.00453. The first-order valence-electron chi connectivity index (χ1n) is 9.83. The van der Waals surface area contributed by atoms with Gasteiger partial charge in [-0.15, -0.1) is 0 Å². The second-order valence-corrected chi connectivity index (χ2v) is 6.81. The maximum Gasteiger partial charge on any atom is 0.338 e. The Morgan fingerprint density at radius 3 is 2.12 bits per heavy atom. The molecule has 0 saturated heterocycles. The summed E-state index contributed by atoms with van der Waals surface area (Å²) in [5.74, 6) is -5.74. The minimum atomic E-state index is -1.40. The van der Waals surface area contributed by atoms with Gasteiger partial charge in [0, 0.05) is 5.70 Å². The van der Waals surface area contributed by atoms with E-state index in [2.05, 4.69) is 5.32 Å². The van der Waals surface area contributed by atoms with Crippen molar-refractivity contribution in [2.45, 2.75) is 19.8 Å². The van der Waals surface area contributed by atoms with E-state index in [0.717, 1.165) is 0 Å². The number of carbonyl (C=O) groups excluding carboxylic acids is 3. The van der Waals surface area contributed by atoms with Gasteiger partial charge in [-0.1, -0.05) is 30.3 Å². The highest BCUT2D eigenvalue weighted by Crippen LogP contribution is 2.47. The lowest BCUT2D eigenvalue weighted by Gasteiger charge is -2.36. The summed E-state index contributed by atoms with van der Waals surface area (Å²) in [6, 6.07) is 11.8. The van der Waals surface area contributed by atoms with Crippen LogP contribution in [0, 0.1) is 28.6 Å². The van der Waals surface area contributed by atoms with Crippen molar-refractivity contribution < 1.29 is 29.0 Å². The van der Waals surface area contributed by atoms with Gasteiger partial charge >= 0.3 is 11.9 Å². The van der Waals surface area contributed by atoms with E-state index in [1.54, 1.807) is 56.3 Å². The van der Waals surface area contributed by atoms with Crippen LogP contribution in [0.1, 0.15) is 25.3 Å². The first-order valence-corrected chi connectivity index (χ1v) is 9.83. The van der Waals surface area contributed by atoms with E-state index in [-0.39, 0.29) is 35.6 Å². The Labute approximate surface area is 183 Å². The van der Waals surface area contributed by atoms with Gasteiger partial charge in [0.1, 0.15) is 17.4 Å². The molecule has 2 aliphatic rings. The van der Waals surface area contributed by atoms with Gasteiger partial charge < -0.3 is 19.9 Å². The van der Waals surface area contributed by atoms with Crippen LogP contribution in [0.4, 0.5) is 0 Å². The van der Waals surface area contributed by atoms with Crippen LogP contribution in [0.2, 0.25) is 0 Å². The number of benzene rings is 1. The number of ether oxygens (including phenoxy) is 2. The van der Waals surface area contributed by atoms with Crippen molar-refractivity contribution in [3.05, 3.63) is 69.6 Å². The molecule has 0 spiro atoms. The topological polar surface area (TPSA) is 150 Å². The van der Waals surface area contributed by atoms with Crippen LogP contribution in [-0.2, 0) is 23.9 Å². The number of esters is 2. The fraction of sp³-hybridized carbons (Fsp3) is 0.261. The molecule has 162 valence electrons. The molecule has 9 heteroatoms. The molecule has 9 nitrogen and oxygen atoms in total. The zero-order valence-electron chi connectivity index (χ0n) is 17.3. The van der Waals surface area contributed by atoms with Gasteiger partial charge in [-0.05, 0) is 19.4 Å². The van der Waals surface area contributed by atoms with Crippen LogP contribution in [0.5, 0.6) is 0 Å². The summed E-state index contributed by atoms with van der Waals surface area (Å²) in [6.07, 6.45) is 0. The molecule has 0 aromatic heterocycles. The number of hydrogen-bond acceptors (Lipinski definition) is 8. The minimum Gasteiger partial charge on any atom is -0.511 e. The van der Waals surface area contributed by atoms with Gasteiger partial charge in [0.2, 0.25) is 0 Å². The van der Waals surface area contributed by atoms with Crippen LogP contribution in [-0.4, -0.2) is 36.2 Å². The summed E-state index contributed by atoms with van der Waals surface area (Å²) in [4.78, 5) is 38.5. The van der Waals surface area contributed by atoms with Gasteiger partial charge in [0.05, 0.1) is 47.8 Å². The van der Waals surface area contributed by atoms with Crippen molar-refractivity contribution in [3.63, 3.8) is 0 Å². The number of nitrogens with one attached hydrogen (secondary N) is 1. The molecule has 2 N–H and O–H groups in total. The highest BCUT2D eigenvalue weighted by Gasteiger charge is 2.48. The lowest BCUT2D eigenvalue weighted by molar-refractivity contribution is -0.139. The molecule has 0 radical (unpaired) electrons. The first-order chi connectivity index (χ1) is 15.4. The first kappa shape index (κ1) is 22.3. The zero-order chi connectivity index (χ0) is 23.4. The molecular formula is C23H19N3O6. The summed E-state index contributed by atoms with van der Waals surface area (Å²) >= 11 is 0. The van der Waals surface area contributed by atoms with Crippen molar-refractivity contribution >= 4 is 17.8 Å². The van der Waals surface area contributed by atoms with E-state index < -0.39 is 41.0 Å². The molecule has 1 aromatic rings. The van der Waals surface area contributed by atoms with Crippen molar-refractivity contribution in [2.75, 3.05) is 13.2 Å². The molecule has 2 unspecified atom stereocenters. The smallest absolute Gasteiger partial charge is 0.338 e. The van der Waals surface area contributed by atoms with Crippen LogP contribution in [0.15, 0.2) is 64.1 Å². The molecule has 1 heterocycles. The number of nitriles is 2. The van der Waals surface area contributed by atoms with Crippen LogP contribution >= 0.6 is 0 Å². The highest BCUT2D eigenvalue weighted by atomic mass is 16.5. The number of amides is 1. The number of rotatable bonds is 5. The summed E-state index contributed by atoms with van der Waals surface area (Å²) < 4.78 is 10.3. The van der Waals surface area contributed by atoms with Gasteiger partial charge in [0.25, 0.3) is 5.91 Å². The van der Waals surface area contributed by atoms with E-state index in [4.69, 9.17) is 9.47 Å². The number of nitrogens with zero attached hydrogens (tertiary/aromatic N) is 2. The van der Waals surface area contributed by atoms with E-state index in [9.17, 15) is 30.0 Å². The van der Waals surface area contributed by atoms with Gasteiger partial charge in [0.15, 0.2) is 0 Å². The third-order valence-electron chi connectivity index (χ3n) is 5.09. The Morgan fingerprint density at radius 1 is 1.00 bits per heavy atom. The number of carbonyl (C=O) groups is 3. The zero-order valence-corrected chi connectivity index (χ0v) is 17.3. The van der Waals surface area contributed by atoms with E-state index in [0.29, 0.717) is 5.56 Å². The fourth-order valence-electron chi connectivity index (χ4n) is 3.85. The van der Waals surface area contributed by atoms with E-state index in [1.807, 2.05) is 0 Å². The number of hydrogen-bond donors (Lipinski definition) is 2. The SMILES string of the molecule is CCOC(=O)C1=C(O)C2C(C#N)=C(C#N)C(=O)NC2=C(C(=O)OCC)C1c1ccccc1. The normalized spacial score (nSPS) is 20.1. The molecular weight excluding hydrogens is 414 g/mol. The molecule has 1 aliphatic heterocycles. The molecule has 1 aromatic carbocycles. The average Bonchev–Trinajstić information content (AvgIpc) is 2.78. The van der Waals surface area contributed by atoms with Crippen LogP contribution in [0.3, 0.4) is 0 Å². The summed E-state index contributed by atoms with van der Waals surface area (Å²) in [7, 11) is 0. The summed E-state index contributed by atoms with van der Waals surface area (Å²) in [6.45, 7) is 3.17. The predicted octanol–water partition coefficient (Wildman–Crippen LogP) is 2.07. The predicted molar refractivity (Wildman–Crippen MR) is 109 cm³/mol. The molecule has 0 saturated carbocycles. The Kier molecular flexibility index (Phi) is 6.41. The molecule has 1 aliphatic carbocycles. The van der Waals surface area contributed by atoms with Crippen molar-refractivity contribution in [1.82, 2.24) is 5.32 Å². The van der Waals surface area contributed by atoms with Gasteiger partial charge in [-0.3, -0.25) is 4.79 Å². The Morgan fingerprint density at radius 2 is 1.59 bits per heavy atom. The number of aliphatic hydroxyl groups excluding tert-OH is 1. The Balaban J connectivity index is 2.42. The van der Waals surface area contributed by atoms with Crippen LogP contribution in [0.25, 0.3) is 0 Å². The molecule has 2 atom stereocenters. The van der Waals surface area contributed by atoms with E-state index in [1.165, 1.54) is 0 Å². The fourth-order valence-corrected chi connectivity index (χ4v) is 3.85.